The SMILES string of the molecule is CCOC(C)c1noc(CNC(=NC)N2CCN(Cc3ccon3)CC2)n1. The number of aromatic nitrogens is 3. The van der Waals surface area contributed by atoms with Gasteiger partial charge in [-0.3, -0.25) is 9.89 Å². The Morgan fingerprint density at radius 3 is 2.81 bits per heavy atom. The number of hydrogen-bond donors (Lipinski definition) is 1. The molecule has 10 heteroatoms. The molecule has 0 aliphatic carbocycles. The van der Waals surface area contributed by atoms with Gasteiger partial charge in [-0.1, -0.05) is 10.3 Å². The monoisotopic (exact) mass is 377 g/mol. The summed E-state index contributed by atoms with van der Waals surface area (Å²) in [6.07, 6.45) is 1.43. The quantitative estimate of drug-likeness (QED) is 0.560. The number of aliphatic imine (C=N–C) groups is 1. The van der Waals surface area contributed by atoms with Gasteiger partial charge in [-0.15, -0.1) is 0 Å². The summed E-state index contributed by atoms with van der Waals surface area (Å²) in [6.45, 7) is 9.32. The first kappa shape index (κ1) is 19.3. The van der Waals surface area contributed by atoms with Crippen molar-refractivity contribution >= 4 is 5.96 Å². The highest BCUT2D eigenvalue weighted by molar-refractivity contribution is 5.79. The lowest BCUT2D eigenvalue weighted by Gasteiger charge is -2.36. The van der Waals surface area contributed by atoms with E-state index in [0.717, 1.165) is 44.4 Å². The summed E-state index contributed by atoms with van der Waals surface area (Å²) < 4.78 is 15.7. The average Bonchev–Trinajstić information content (AvgIpc) is 3.36. The van der Waals surface area contributed by atoms with E-state index in [0.29, 0.717) is 24.9 Å². The Hall–Kier alpha value is -2.46. The van der Waals surface area contributed by atoms with Crippen LogP contribution in [0.1, 0.15) is 37.4 Å². The summed E-state index contributed by atoms with van der Waals surface area (Å²) in [5.41, 5.74) is 0.958. The van der Waals surface area contributed by atoms with E-state index in [1.807, 2.05) is 19.9 Å². The van der Waals surface area contributed by atoms with Crippen molar-refractivity contribution in [3.05, 3.63) is 29.7 Å². The van der Waals surface area contributed by atoms with Crippen molar-refractivity contribution in [2.45, 2.75) is 33.0 Å². The van der Waals surface area contributed by atoms with Crippen molar-refractivity contribution in [2.75, 3.05) is 39.8 Å². The molecule has 2 aromatic rings. The summed E-state index contributed by atoms with van der Waals surface area (Å²) in [7, 11) is 1.78. The van der Waals surface area contributed by atoms with Crippen LogP contribution in [0.2, 0.25) is 0 Å². The number of piperazine rings is 1. The normalized spacial score (nSPS) is 17.3. The van der Waals surface area contributed by atoms with Crippen molar-refractivity contribution in [3.8, 4) is 0 Å². The van der Waals surface area contributed by atoms with Crippen LogP contribution >= 0.6 is 0 Å². The molecule has 3 rings (SSSR count). The van der Waals surface area contributed by atoms with Gasteiger partial charge in [0.05, 0.1) is 12.2 Å². The van der Waals surface area contributed by atoms with Crippen LogP contribution in [0.3, 0.4) is 0 Å². The first-order valence-corrected chi connectivity index (χ1v) is 9.21. The molecule has 1 unspecified atom stereocenters. The van der Waals surface area contributed by atoms with Crippen molar-refractivity contribution in [1.82, 2.24) is 30.4 Å². The Morgan fingerprint density at radius 2 is 2.15 bits per heavy atom. The fourth-order valence-electron chi connectivity index (χ4n) is 2.98. The largest absolute Gasteiger partial charge is 0.371 e. The minimum absolute atomic E-state index is 0.176. The van der Waals surface area contributed by atoms with E-state index in [9.17, 15) is 0 Å². The molecule has 0 spiro atoms. The second kappa shape index (κ2) is 9.47. The van der Waals surface area contributed by atoms with E-state index in [2.05, 4.69) is 35.4 Å². The third-order valence-electron chi connectivity index (χ3n) is 4.42. The minimum atomic E-state index is -0.176. The van der Waals surface area contributed by atoms with Gasteiger partial charge in [-0.25, -0.2) is 0 Å². The van der Waals surface area contributed by atoms with Crippen LogP contribution in [0, 0.1) is 0 Å². The van der Waals surface area contributed by atoms with Crippen molar-refractivity contribution in [1.29, 1.82) is 0 Å². The molecule has 1 saturated heterocycles. The van der Waals surface area contributed by atoms with E-state index in [4.69, 9.17) is 13.8 Å². The van der Waals surface area contributed by atoms with Gasteiger partial charge in [0.15, 0.2) is 11.8 Å². The third-order valence-corrected chi connectivity index (χ3v) is 4.42. The predicted octanol–water partition coefficient (Wildman–Crippen LogP) is 1.05. The zero-order valence-corrected chi connectivity index (χ0v) is 16.1. The zero-order valence-electron chi connectivity index (χ0n) is 16.1. The van der Waals surface area contributed by atoms with Gasteiger partial charge in [0.2, 0.25) is 5.89 Å². The second-order valence-electron chi connectivity index (χ2n) is 6.30. The highest BCUT2D eigenvalue weighted by Crippen LogP contribution is 2.13. The fraction of sp³-hybridized carbons (Fsp3) is 0.647. The lowest BCUT2D eigenvalue weighted by molar-refractivity contribution is 0.0683. The molecule has 0 radical (unpaired) electrons. The molecule has 0 amide bonds. The summed E-state index contributed by atoms with van der Waals surface area (Å²) in [5.74, 6) is 1.90. The molecule has 0 aromatic carbocycles. The maximum Gasteiger partial charge on any atom is 0.246 e. The maximum atomic E-state index is 5.48. The minimum Gasteiger partial charge on any atom is -0.371 e. The molecule has 0 saturated carbocycles. The smallest absolute Gasteiger partial charge is 0.246 e. The Kier molecular flexibility index (Phi) is 6.77. The van der Waals surface area contributed by atoms with Crippen LogP contribution in [-0.4, -0.2) is 70.9 Å². The average molecular weight is 377 g/mol. The van der Waals surface area contributed by atoms with Gasteiger partial charge >= 0.3 is 0 Å². The molecule has 2 aromatic heterocycles. The van der Waals surface area contributed by atoms with Gasteiger partial charge in [-0.05, 0) is 13.8 Å². The topological polar surface area (TPSA) is 105 Å². The van der Waals surface area contributed by atoms with E-state index in [1.165, 1.54) is 0 Å². The predicted molar refractivity (Wildman–Crippen MR) is 97.9 cm³/mol. The summed E-state index contributed by atoms with van der Waals surface area (Å²) in [4.78, 5) is 13.3. The Labute approximate surface area is 158 Å². The molecular weight excluding hydrogens is 350 g/mol. The number of rotatable bonds is 7. The van der Waals surface area contributed by atoms with Crippen LogP contribution in [-0.2, 0) is 17.8 Å². The Morgan fingerprint density at radius 1 is 1.33 bits per heavy atom. The van der Waals surface area contributed by atoms with E-state index in [1.54, 1.807) is 13.3 Å². The third kappa shape index (κ3) is 5.27. The molecule has 10 nitrogen and oxygen atoms in total. The first-order chi connectivity index (χ1) is 13.2. The van der Waals surface area contributed by atoms with Crippen LogP contribution < -0.4 is 5.32 Å². The molecule has 1 atom stereocenters. The standard InChI is InChI=1S/C17H27N7O3/c1-4-25-13(2)16-20-15(27-22-16)11-19-17(18-3)24-8-6-23(7-9-24)12-14-5-10-26-21-14/h5,10,13H,4,6-9,11-12H2,1-3H3,(H,18,19). The maximum absolute atomic E-state index is 5.48. The number of guanidine groups is 1. The molecule has 1 aliphatic rings. The first-order valence-electron chi connectivity index (χ1n) is 9.21. The Bertz CT molecular complexity index is 708. The van der Waals surface area contributed by atoms with Crippen LogP contribution in [0.15, 0.2) is 26.4 Å². The Balaban J connectivity index is 1.46. The summed E-state index contributed by atoms with van der Waals surface area (Å²) in [5, 5.41) is 11.2. The van der Waals surface area contributed by atoms with Gasteiger partial charge in [0.25, 0.3) is 0 Å². The van der Waals surface area contributed by atoms with Crippen molar-refractivity contribution in [3.63, 3.8) is 0 Å². The van der Waals surface area contributed by atoms with E-state index >= 15 is 0 Å². The number of hydrogen-bond acceptors (Lipinski definition) is 8. The second-order valence-corrected chi connectivity index (χ2v) is 6.30. The highest BCUT2D eigenvalue weighted by atomic mass is 16.5. The summed E-state index contributed by atoms with van der Waals surface area (Å²) >= 11 is 0. The molecule has 3 heterocycles. The zero-order chi connectivity index (χ0) is 19.1. The van der Waals surface area contributed by atoms with Crippen LogP contribution in [0.4, 0.5) is 0 Å². The van der Waals surface area contributed by atoms with E-state index < -0.39 is 0 Å². The molecule has 148 valence electrons. The molecule has 1 aliphatic heterocycles. The molecule has 1 fully saturated rings. The fourth-order valence-corrected chi connectivity index (χ4v) is 2.98. The number of nitrogens with zero attached hydrogens (tertiary/aromatic N) is 6. The van der Waals surface area contributed by atoms with Gasteiger partial charge in [0.1, 0.15) is 12.4 Å². The van der Waals surface area contributed by atoms with Crippen LogP contribution in [0.5, 0.6) is 0 Å². The lowest BCUT2D eigenvalue weighted by Crippen LogP contribution is -2.52. The molecule has 1 N–H and O–H groups in total. The highest BCUT2D eigenvalue weighted by Gasteiger charge is 2.21. The van der Waals surface area contributed by atoms with Gasteiger partial charge in [0, 0.05) is 52.4 Å². The molecular formula is C17H27N7O3. The van der Waals surface area contributed by atoms with Gasteiger partial charge < -0.3 is 24.0 Å². The number of ether oxygens (including phenoxy) is 1. The molecule has 0 bridgehead atoms. The van der Waals surface area contributed by atoms with Gasteiger partial charge in [-0.2, -0.15) is 4.98 Å². The van der Waals surface area contributed by atoms with Crippen molar-refractivity contribution < 1.29 is 13.8 Å². The van der Waals surface area contributed by atoms with E-state index in [-0.39, 0.29) is 6.10 Å². The number of nitrogens with one attached hydrogen (secondary N) is 1. The summed E-state index contributed by atoms with van der Waals surface area (Å²) in [6, 6.07) is 1.90. The van der Waals surface area contributed by atoms with Crippen LogP contribution in [0.25, 0.3) is 0 Å². The molecule has 27 heavy (non-hydrogen) atoms. The lowest BCUT2D eigenvalue weighted by atomic mass is 10.3. The van der Waals surface area contributed by atoms with Crippen molar-refractivity contribution in [2.24, 2.45) is 4.99 Å².